The maximum atomic E-state index is 12.8. The molecule has 0 saturated heterocycles. The van der Waals surface area contributed by atoms with E-state index >= 15 is 0 Å². The third-order valence-corrected chi connectivity index (χ3v) is 4.28. The minimum atomic E-state index is -1.14. The average molecular weight is 406 g/mol. The summed E-state index contributed by atoms with van der Waals surface area (Å²) >= 11 is 0. The number of carboxylic acid groups (broad SMARTS) is 1. The molecule has 0 saturated carbocycles. The molecule has 0 radical (unpaired) electrons. The van der Waals surface area contributed by atoms with Gasteiger partial charge in [0.15, 0.2) is 0 Å². The van der Waals surface area contributed by atoms with Gasteiger partial charge in [0.2, 0.25) is 17.7 Å². The molecule has 1 rings (SSSR count). The molecule has 1 aromatic carbocycles. The lowest BCUT2D eigenvalue weighted by atomic mass is 10.0. The molecule has 0 aliphatic carbocycles. The first-order chi connectivity index (χ1) is 13.6. The zero-order valence-electron chi connectivity index (χ0n) is 16.8. The van der Waals surface area contributed by atoms with Gasteiger partial charge in [-0.05, 0) is 24.3 Å². The molecular weight excluding hydrogens is 376 g/mol. The van der Waals surface area contributed by atoms with E-state index in [0.29, 0.717) is 0 Å². The summed E-state index contributed by atoms with van der Waals surface area (Å²) in [4.78, 5) is 47.5. The van der Waals surface area contributed by atoms with Crippen LogP contribution in [-0.4, -0.2) is 46.9 Å². The Bertz CT molecular complexity index is 708. The Kier molecular flexibility index (Phi) is 9.81. The van der Waals surface area contributed by atoms with Crippen molar-refractivity contribution < 1.29 is 24.3 Å². The van der Waals surface area contributed by atoms with Crippen molar-refractivity contribution in [3.8, 4) is 0 Å². The predicted molar refractivity (Wildman–Crippen MR) is 108 cm³/mol. The molecular formula is C20H30N4O5. The SMILES string of the molecule is CC(C)CC(NC(=O)C(Cc1ccccc1)NC(=O)C(N)CCC(N)=O)C(=O)O. The van der Waals surface area contributed by atoms with E-state index in [1.165, 1.54) is 0 Å². The van der Waals surface area contributed by atoms with Gasteiger partial charge in [0.25, 0.3) is 0 Å². The minimum absolute atomic E-state index is 0.0476. The van der Waals surface area contributed by atoms with Crippen LogP contribution in [0.15, 0.2) is 30.3 Å². The monoisotopic (exact) mass is 406 g/mol. The van der Waals surface area contributed by atoms with Gasteiger partial charge in [-0.1, -0.05) is 44.2 Å². The highest BCUT2D eigenvalue weighted by Crippen LogP contribution is 2.08. The van der Waals surface area contributed by atoms with Crippen molar-refractivity contribution in [2.75, 3.05) is 0 Å². The van der Waals surface area contributed by atoms with Gasteiger partial charge in [0.05, 0.1) is 6.04 Å². The quantitative estimate of drug-likeness (QED) is 0.326. The Morgan fingerprint density at radius 1 is 1.00 bits per heavy atom. The van der Waals surface area contributed by atoms with Crippen LogP contribution in [0.4, 0.5) is 0 Å². The van der Waals surface area contributed by atoms with E-state index in [1.807, 2.05) is 19.9 Å². The van der Waals surface area contributed by atoms with Gasteiger partial charge in [-0.25, -0.2) is 4.79 Å². The summed E-state index contributed by atoms with van der Waals surface area (Å²) in [5.41, 5.74) is 11.6. The van der Waals surface area contributed by atoms with Gasteiger partial charge >= 0.3 is 5.97 Å². The third kappa shape index (κ3) is 9.20. The third-order valence-electron chi connectivity index (χ3n) is 4.28. The van der Waals surface area contributed by atoms with Gasteiger partial charge in [0, 0.05) is 12.8 Å². The maximum Gasteiger partial charge on any atom is 0.326 e. The molecule has 9 heteroatoms. The molecule has 0 bridgehead atoms. The predicted octanol–water partition coefficient (Wildman–Crippen LogP) is -0.0778. The molecule has 7 N–H and O–H groups in total. The first-order valence-electron chi connectivity index (χ1n) is 9.51. The van der Waals surface area contributed by atoms with Crippen LogP contribution in [-0.2, 0) is 25.6 Å². The summed E-state index contributed by atoms with van der Waals surface area (Å²) in [6, 6.07) is 5.90. The van der Waals surface area contributed by atoms with E-state index in [9.17, 15) is 24.3 Å². The van der Waals surface area contributed by atoms with Gasteiger partial charge in [-0.2, -0.15) is 0 Å². The number of primary amides is 1. The fourth-order valence-corrected chi connectivity index (χ4v) is 2.73. The summed E-state index contributed by atoms with van der Waals surface area (Å²) in [5, 5.41) is 14.4. The van der Waals surface area contributed by atoms with E-state index in [-0.39, 0.29) is 31.6 Å². The maximum absolute atomic E-state index is 12.8. The number of hydrogen-bond acceptors (Lipinski definition) is 5. The zero-order chi connectivity index (χ0) is 22.0. The van der Waals surface area contributed by atoms with Gasteiger partial charge < -0.3 is 27.2 Å². The van der Waals surface area contributed by atoms with E-state index in [0.717, 1.165) is 5.56 Å². The largest absolute Gasteiger partial charge is 0.480 e. The summed E-state index contributed by atoms with van der Waals surface area (Å²) in [7, 11) is 0. The second-order valence-corrected chi connectivity index (χ2v) is 7.39. The van der Waals surface area contributed by atoms with E-state index in [1.54, 1.807) is 24.3 Å². The van der Waals surface area contributed by atoms with Crippen LogP contribution >= 0.6 is 0 Å². The van der Waals surface area contributed by atoms with Crippen LogP contribution in [0.3, 0.4) is 0 Å². The van der Waals surface area contributed by atoms with Crippen molar-refractivity contribution in [3.63, 3.8) is 0 Å². The molecule has 3 atom stereocenters. The fraction of sp³-hybridized carbons (Fsp3) is 0.500. The molecule has 1 aromatic rings. The molecule has 3 amide bonds. The molecule has 0 aliphatic heterocycles. The molecule has 3 unspecified atom stereocenters. The van der Waals surface area contributed by atoms with Crippen molar-refractivity contribution >= 4 is 23.7 Å². The number of carboxylic acids is 1. The molecule has 0 fully saturated rings. The second kappa shape index (κ2) is 11.8. The van der Waals surface area contributed by atoms with Crippen LogP contribution in [0.25, 0.3) is 0 Å². The minimum Gasteiger partial charge on any atom is -0.480 e. The van der Waals surface area contributed by atoms with E-state index < -0.39 is 41.8 Å². The van der Waals surface area contributed by atoms with Crippen molar-refractivity contribution in [1.82, 2.24) is 10.6 Å². The average Bonchev–Trinajstić information content (AvgIpc) is 2.65. The Labute approximate surface area is 170 Å². The lowest BCUT2D eigenvalue weighted by Gasteiger charge is -2.23. The highest BCUT2D eigenvalue weighted by atomic mass is 16.4. The highest BCUT2D eigenvalue weighted by Gasteiger charge is 2.28. The Hall–Kier alpha value is -2.94. The molecule has 0 spiro atoms. The van der Waals surface area contributed by atoms with Crippen LogP contribution in [0, 0.1) is 5.92 Å². The molecule has 0 aromatic heterocycles. The van der Waals surface area contributed by atoms with E-state index in [4.69, 9.17) is 11.5 Å². The van der Waals surface area contributed by atoms with Crippen molar-refractivity contribution in [2.24, 2.45) is 17.4 Å². The molecule has 0 heterocycles. The first-order valence-corrected chi connectivity index (χ1v) is 9.51. The van der Waals surface area contributed by atoms with E-state index in [2.05, 4.69) is 10.6 Å². The number of benzene rings is 1. The number of carbonyl (C=O) groups is 4. The van der Waals surface area contributed by atoms with Crippen molar-refractivity contribution in [1.29, 1.82) is 0 Å². The lowest BCUT2D eigenvalue weighted by Crippen LogP contribution is -2.55. The number of amides is 3. The summed E-state index contributed by atoms with van der Waals surface area (Å²) < 4.78 is 0. The molecule has 29 heavy (non-hydrogen) atoms. The van der Waals surface area contributed by atoms with Gasteiger partial charge in [-0.15, -0.1) is 0 Å². The normalized spacial score (nSPS) is 13.9. The molecule has 0 aliphatic rings. The fourth-order valence-electron chi connectivity index (χ4n) is 2.73. The topological polar surface area (TPSA) is 165 Å². The molecule has 9 nitrogen and oxygen atoms in total. The van der Waals surface area contributed by atoms with Crippen molar-refractivity contribution in [3.05, 3.63) is 35.9 Å². The number of aliphatic carboxylic acids is 1. The summed E-state index contributed by atoms with van der Waals surface area (Å²) in [6.07, 6.45) is 0.408. The van der Waals surface area contributed by atoms with Crippen molar-refractivity contribution in [2.45, 2.75) is 57.7 Å². The zero-order valence-corrected chi connectivity index (χ0v) is 16.8. The Morgan fingerprint density at radius 3 is 2.10 bits per heavy atom. The summed E-state index contributed by atoms with van der Waals surface area (Å²) in [5.74, 6) is -2.89. The Balaban J connectivity index is 2.91. The first kappa shape index (κ1) is 24.1. The number of nitrogens with two attached hydrogens (primary N) is 2. The van der Waals surface area contributed by atoms with Gasteiger partial charge in [0.1, 0.15) is 12.1 Å². The Morgan fingerprint density at radius 2 is 1.59 bits per heavy atom. The standard InChI is InChI=1S/C20H30N4O5/c1-12(2)10-16(20(28)29)24-19(27)15(11-13-6-4-3-5-7-13)23-18(26)14(21)8-9-17(22)25/h3-7,12,14-16H,8-11,21H2,1-2H3,(H2,22,25)(H,23,26)(H,24,27)(H,28,29). The number of hydrogen-bond donors (Lipinski definition) is 5. The second-order valence-electron chi connectivity index (χ2n) is 7.39. The van der Waals surface area contributed by atoms with Crippen LogP contribution in [0.2, 0.25) is 0 Å². The highest BCUT2D eigenvalue weighted by molar-refractivity contribution is 5.92. The number of rotatable bonds is 12. The smallest absolute Gasteiger partial charge is 0.326 e. The lowest BCUT2D eigenvalue weighted by molar-refractivity contribution is -0.142. The molecule has 160 valence electrons. The van der Waals surface area contributed by atoms with Gasteiger partial charge in [-0.3, -0.25) is 14.4 Å². The number of nitrogens with one attached hydrogen (secondary N) is 2. The van der Waals surface area contributed by atoms with Crippen LogP contribution in [0.5, 0.6) is 0 Å². The van der Waals surface area contributed by atoms with Crippen LogP contribution in [0.1, 0.15) is 38.7 Å². The van der Waals surface area contributed by atoms with Crippen LogP contribution < -0.4 is 22.1 Å². The number of carbonyl (C=O) groups excluding carboxylic acids is 3. The summed E-state index contributed by atoms with van der Waals surface area (Å²) in [6.45, 7) is 3.70.